The van der Waals surface area contributed by atoms with Gasteiger partial charge in [-0.15, -0.1) is 0 Å². The van der Waals surface area contributed by atoms with Gasteiger partial charge in [0.25, 0.3) is 0 Å². The monoisotopic (exact) mass is 273 g/mol. The van der Waals surface area contributed by atoms with Crippen molar-refractivity contribution in [2.45, 2.75) is 50.2 Å². The van der Waals surface area contributed by atoms with Crippen LogP contribution in [0.3, 0.4) is 0 Å². The van der Waals surface area contributed by atoms with Crippen LogP contribution in [-0.2, 0) is 0 Å². The zero-order valence-electron chi connectivity index (χ0n) is 11.8. The molecule has 2 unspecified atom stereocenters. The van der Waals surface area contributed by atoms with Gasteiger partial charge >= 0.3 is 0 Å². The predicted octanol–water partition coefficient (Wildman–Crippen LogP) is 3.12. The Kier molecular flexibility index (Phi) is 3.62. The van der Waals surface area contributed by atoms with Crippen LogP contribution in [0, 0.1) is 17.1 Å². The van der Waals surface area contributed by atoms with Gasteiger partial charge in [0.2, 0.25) is 0 Å². The largest absolute Gasteiger partial charge is 0.380 e. The van der Waals surface area contributed by atoms with Crippen molar-refractivity contribution in [1.82, 2.24) is 4.90 Å². The summed E-state index contributed by atoms with van der Waals surface area (Å²) < 4.78 is 13.9. The molecule has 2 aliphatic heterocycles. The molecule has 2 fully saturated rings. The number of anilines is 1. The molecule has 0 saturated carbocycles. The molecular weight excluding hydrogens is 253 g/mol. The summed E-state index contributed by atoms with van der Waals surface area (Å²) >= 11 is 0. The molecule has 2 saturated heterocycles. The van der Waals surface area contributed by atoms with Gasteiger partial charge in [0.1, 0.15) is 5.82 Å². The molecule has 4 heteroatoms. The maximum Gasteiger partial charge on any atom is 0.147 e. The SMILES string of the molecule is CN1C2CCCC1CC(Nc1ccc(C#N)cc1F)C2. The van der Waals surface area contributed by atoms with Crippen LogP contribution in [-0.4, -0.2) is 30.1 Å². The van der Waals surface area contributed by atoms with E-state index in [1.54, 1.807) is 12.1 Å². The highest BCUT2D eigenvalue weighted by molar-refractivity contribution is 5.49. The number of hydrogen-bond acceptors (Lipinski definition) is 3. The second-order valence-corrected chi connectivity index (χ2v) is 6.02. The Hall–Kier alpha value is -1.60. The van der Waals surface area contributed by atoms with Crippen molar-refractivity contribution >= 4 is 5.69 Å². The Bertz CT molecular complexity index is 523. The third-order valence-corrected chi connectivity index (χ3v) is 4.80. The molecule has 0 aromatic heterocycles. The second kappa shape index (κ2) is 5.41. The van der Waals surface area contributed by atoms with Crippen molar-refractivity contribution in [3.8, 4) is 6.07 Å². The number of benzene rings is 1. The lowest BCUT2D eigenvalue weighted by atomic mass is 9.82. The third-order valence-electron chi connectivity index (χ3n) is 4.80. The van der Waals surface area contributed by atoms with Crippen molar-refractivity contribution in [1.29, 1.82) is 5.26 Å². The molecule has 3 nitrogen and oxygen atoms in total. The maximum atomic E-state index is 13.9. The Morgan fingerprint density at radius 2 is 2.00 bits per heavy atom. The van der Waals surface area contributed by atoms with E-state index in [2.05, 4.69) is 17.3 Å². The zero-order valence-corrected chi connectivity index (χ0v) is 11.8. The lowest BCUT2D eigenvalue weighted by molar-refractivity contribution is 0.0608. The number of nitriles is 1. The topological polar surface area (TPSA) is 39.1 Å². The quantitative estimate of drug-likeness (QED) is 0.899. The Balaban J connectivity index is 1.71. The summed E-state index contributed by atoms with van der Waals surface area (Å²) in [6.45, 7) is 0. The van der Waals surface area contributed by atoms with E-state index in [0.29, 0.717) is 29.4 Å². The average molecular weight is 273 g/mol. The fourth-order valence-electron chi connectivity index (χ4n) is 3.66. The van der Waals surface area contributed by atoms with Gasteiger partial charge in [-0.25, -0.2) is 4.39 Å². The van der Waals surface area contributed by atoms with Gasteiger partial charge in [-0.3, -0.25) is 0 Å². The molecule has 2 aliphatic rings. The summed E-state index contributed by atoms with van der Waals surface area (Å²) in [4.78, 5) is 2.50. The van der Waals surface area contributed by atoms with Crippen LogP contribution in [0.1, 0.15) is 37.7 Å². The number of nitrogens with one attached hydrogen (secondary N) is 1. The second-order valence-electron chi connectivity index (χ2n) is 6.02. The van der Waals surface area contributed by atoms with E-state index in [4.69, 9.17) is 5.26 Å². The first-order valence-corrected chi connectivity index (χ1v) is 7.35. The molecule has 3 rings (SSSR count). The Labute approximate surface area is 119 Å². The van der Waals surface area contributed by atoms with Crippen LogP contribution in [0.2, 0.25) is 0 Å². The van der Waals surface area contributed by atoms with E-state index in [-0.39, 0.29) is 5.82 Å². The van der Waals surface area contributed by atoms with Crippen LogP contribution >= 0.6 is 0 Å². The first-order valence-electron chi connectivity index (χ1n) is 7.35. The number of halogens is 1. The molecule has 0 spiro atoms. The summed E-state index contributed by atoms with van der Waals surface area (Å²) in [6.07, 6.45) is 5.97. The highest BCUT2D eigenvalue weighted by atomic mass is 19.1. The number of rotatable bonds is 2. The number of nitrogens with zero attached hydrogens (tertiary/aromatic N) is 2. The summed E-state index contributed by atoms with van der Waals surface area (Å²) in [7, 11) is 2.22. The first kappa shape index (κ1) is 13.4. The zero-order chi connectivity index (χ0) is 14.1. The van der Waals surface area contributed by atoms with Crippen molar-refractivity contribution < 1.29 is 4.39 Å². The van der Waals surface area contributed by atoms with E-state index >= 15 is 0 Å². The van der Waals surface area contributed by atoms with E-state index in [1.807, 2.05) is 6.07 Å². The molecule has 2 atom stereocenters. The van der Waals surface area contributed by atoms with E-state index in [0.717, 1.165) is 12.8 Å². The lowest BCUT2D eigenvalue weighted by Gasteiger charge is -2.47. The molecule has 2 heterocycles. The molecule has 0 radical (unpaired) electrons. The van der Waals surface area contributed by atoms with Crippen molar-refractivity contribution in [3.05, 3.63) is 29.6 Å². The van der Waals surface area contributed by atoms with Gasteiger partial charge in [-0.1, -0.05) is 6.42 Å². The fraction of sp³-hybridized carbons (Fsp3) is 0.562. The van der Waals surface area contributed by atoms with E-state index in [9.17, 15) is 4.39 Å². The van der Waals surface area contributed by atoms with Crippen molar-refractivity contribution in [2.75, 3.05) is 12.4 Å². The molecule has 20 heavy (non-hydrogen) atoms. The number of piperidine rings is 2. The highest BCUT2D eigenvalue weighted by Gasteiger charge is 2.35. The average Bonchev–Trinajstić information content (AvgIpc) is 2.42. The van der Waals surface area contributed by atoms with E-state index in [1.165, 1.54) is 25.3 Å². The number of fused-ring (bicyclic) bond motifs is 2. The van der Waals surface area contributed by atoms with Gasteiger partial charge in [0.05, 0.1) is 17.3 Å². The summed E-state index contributed by atoms with van der Waals surface area (Å²) in [5.41, 5.74) is 0.893. The standard InChI is InChI=1S/C16H20FN3/c1-20-13-3-2-4-14(20)9-12(8-13)19-16-6-5-11(10-18)7-15(16)17/h5-7,12-14,19H,2-4,8-9H2,1H3. The lowest BCUT2D eigenvalue weighted by Crippen LogP contribution is -2.52. The van der Waals surface area contributed by atoms with Gasteiger partial charge in [0.15, 0.2) is 0 Å². The molecular formula is C16H20FN3. The van der Waals surface area contributed by atoms with Gasteiger partial charge in [0, 0.05) is 18.1 Å². The minimum absolute atomic E-state index is 0.326. The molecule has 1 N–H and O–H groups in total. The van der Waals surface area contributed by atoms with Gasteiger partial charge in [-0.05, 0) is 50.9 Å². The molecule has 0 aliphatic carbocycles. The van der Waals surface area contributed by atoms with Crippen LogP contribution in [0.5, 0.6) is 0 Å². The van der Waals surface area contributed by atoms with Gasteiger partial charge in [-0.2, -0.15) is 5.26 Å². The third kappa shape index (κ3) is 2.51. The first-order chi connectivity index (χ1) is 9.67. The normalized spacial score (nSPS) is 29.8. The highest BCUT2D eigenvalue weighted by Crippen LogP contribution is 2.34. The van der Waals surface area contributed by atoms with Crippen LogP contribution in [0.25, 0.3) is 0 Å². The molecule has 0 amide bonds. The number of hydrogen-bond donors (Lipinski definition) is 1. The maximum absolute atomic E-state index is 13.9. The molecule has 1 aromatic carbocycles. The smallest absolute Gasteiger partial charge is 0.147 e. The van der Waals surface area contributed by atoms with Crippen LogP contribution in [0.15, 0.2) is 18.2 Å². The predicted molar refractivity (Wildman–Crippen MR) is 76.9 cm³/mol. The Morgan fingerprint density at radius 1 is 1.30 bits per heavy atom. The summed E-state index contributed by atoms with van der Waals surface area (Å²) in [5, 5.41) is 12.1. The molecule has 106 valence electrons. The van der Waals surface area contributed by atoms with E-state index < -0.39 is 0 Å². The Morgan fingerprint density at radius 3 is 2.60 bits per heavy atom. The minimum Gasteiger partial charge on any atom is -0.380 e. The minimum atomic E-state index is -0.326. The summed E-state index contributed by atoms with van der Waals surface area (Å²) in [5.74, 6) is -0.326. The van der Waals surface area contributed by atoms with Crippen molar-refractivity contribution in [3.63, 3.8) is 0 Å². The van der Waals surface area contributed by atoms with Gasteiger partial charge < -0.3 is 10.2 Å². The van der Waals surface area contributed by atoms with Crippen LogP contribution < -0.4 is 5.32 Å². The van der Waals surface area contributed by atoms with Crippen LogP contribution in [0.4, 0.5) is 10.1 Å². The van der Waals surface area contributed by atoms with Crippen molar-refractivity contribution in [2.24, 2.45) is 0 Å². The molecule has 1 aromatic rings. The molecule has 2 bridgehead atoms. The summed E-state index contributed by atoms with van der Waals surface area (Å²) in [6, 6.07) is 8.21. The fourth-order valence-corrected chi connectivity index (χ4v) is 3.66.